The number of carbonyl (C=O) groups excluding carboxylic acids is 1. The molecule has 3 heterocycles. The van der Waals surface area contributed by atoms with Crippen LogP contribution in [-0.2, 0) is 10.3 Å². The Labute approximate surface area is 177 Å². The highest BCUT2D eigenvalue weighted by Crippen LogP contribution is 2.41. The number of amides is 1. The minimum Gasteiger partial charge on any atom is -0.452 e. The van der Waals surface area contributed by atoms with Gasteiger partial charge in [0.25, 0.3) is 11.9 Å². The highest BCUT2D eigenvalue weighted by molar-refractivity contribution is 6.36. The largest absolute Gasteiger partial charge is 0.452 e. The SMILES string of the molecule is CC1(c2cc(NC(=O)c3ncc(Cl)cc3Cl)cnc2F)CC(C(F)(F)F)OC(N)=N1. The van der Waals surface area contributed by atoms with E-state index in [0.717, 1.165) is 12.3 Å². The predicted octanol–water partition coefficient (Wildman–Crippen LogP) is 4.06. The van der Waals surface area contributed by atoms with E-state index in [4.69, 9.17) is 28.9 Å². The molecule has 0 bridgehead atoms. The zero-order chi connectivity index (χ0) is 22.3. The molecule has 1 aliphatic heterocycles. The Morgan fingerprint density at radius 1 is 1.30 bits per heavy atom. The van der Waals surface area contributed by atoms with Gasteiger partial charge in [0, 0.05) is 18.2 Å². The predicted molar refractivity (Wildman–Crippen MR) is 101 cm³/mol. The van der Waals surface area contributed by atoms with Crippen molar-refractivity contribution in [1.82, 2.24) is 9.97 Å². The van der Waals surface area contributed by atoms with Crippen LogP contribution in [0.25, 0.3) is 0 Å². The van der Waals surface area contributed by atoms with Crippen molar-refractivity contribution in [3.63, 3.8) is 0 Å². The quantitative estimate of drug-likeness (QED) is 0.525. The molecule has 2 aromatic heterocycles. The number of pyridine rings is 2. The molecule has 30 heavy (non-hydrogen) atoms. The van der Waals surface area contributed by atoms with Crippen molar-refractivity contribution in [2.45, 2.75) is 31.2 Å². The zero-order valence-electron chi connectivity index (χ0n) is 15.1. The van der Waals surface area contributed by atoms with Crippen LogP contribution in [0.15, 0.2) is 29.5 Å². The standard InChI is InChI=1S/C17H13Cl2F4N5O2/c1-16(4-11(17(21,22)23)30-15(24)28-16)9-3-8(6-26-13(9)20)27-14(29)12-10(19)2-7(18)5-25-12/h2-3,5-6,11H,4H2,1H3,(H2,24,28)(H,27,29). The Bertz CT molecular complexity index is 1030. The van der Waals surface area contributed by atoms with Gasteiger partial charge in [0.15, 0.2) is 6.10 Å². The molecule has 0 saturated heterocycles. The van der Waals surface area contributed by atoms with Gasteiger partial charge in [-0.25, -0.2) is 15.0 Å². The zero-order valence-corrected chi connectivity index (χ0v) is 16.6. The maximum atomic E-state index is 14.4. The third-order valence-corrected chi connectivity index (χ3v) is 4.76. The number of aliphatic imine (C=N–C) groups is 1. The van der Waals surface area contributed by atoms with Gasteiger partial charge in [-0.15, -0.1) is 0 Å². The molecule has 0 spiro atoms. The number of nitrogens with one attached hydrogen (secondary N) is 1. The summed E-state index contributed by atoms with van der Waals surface area (Å²) in [6.07, 6.45) is -5.58. The lowest BCUT2D eigenvalue weighted by Gasteiger charge is -2.35. The van der Waals surface area contributed by atoms with E-state index in [1.54, 1.807) is 0 Å². The lowest BCUT2D eigenvalue weighted by molar-refractivity contribution is -0.208. The van der Waals surface area contributed by atoms with Crippen LogP contribution in [0.2, 0.25) is 10.0 Å². The first-order chi connectivity index (χ1) is 13.9. The van der Waals surface area contributed by atoms with Crippen LogP contribution in [0.5, 0.6) is 0 Å². The monoisotopic (exact) mass is 465 g/mol. The molecule has 7 nitrogen and oxygen atoms in total. The van der Waals surface area contributed by atoms with Crippen LogP contribution in [0, 0.1) is 5.95 Å². The van der Waals surface area contributed by atoms with Crippen LogP contribution in [-0.4, -0.2) is 34.2 Å². The van der Waals surface area contributed by atoms with Gasteiger partial charge in [0.05, 0.1) is 27.5 Å². The summed E-state index contributed by atoms with van der Waals surface area (Å²) < 4.78 is 58.4. The fourth-order valence-corrected chi connectivity index (χ4v) is 3.35. The van der Waals surface area contributed by atoms with Crippen LogP contribution < -0.4 is 11.1 Å². The third-order valence-electron chi connectivity index (χ3n) is 4.27. The van der Waals surface area contributed by atoms with Crippen molar-refractivity contribution in [3.05, 3.63) is 51.8 Å². The first-order valence-electron chi connectivity index (χ1n) is 8.26. The second kappa shape index (κ2) is 7.88. The molecular formula is C17H13Cl2F4N5O2. The van der Waals surface area contributed by atoms with E-state index >= 15 is 0 Å². The van der Waals surface area contributed by atoms with Crippen LogP contribution in [0.1, 0.15) is 29.4 Å². The third kappa shape index (κ3) is 4.57. The number of halogens is 6. The number of amidine groups is 1. The van der Waals surface area contributed by atoms with Crippen molar-refractivity contribution in [2.75, 3.05) is 5.32 Å². The summed E-state index contributed by atoms with van der Waals surface area (Å²) in [6.45, 7) is 1.25. The second-order valence-electron chi connectivity index (χ2n) is 6.58. The first kappa shape index (κ1) is 22.0. The molecule has 2 unspecified atom stereocenters. The number of hydrogen-bond donors (Lipinski definition) is 2. The van der Waals surface area contributed by atoms with E-state index in [2.05, 4.69) is 25.0 Å². The Morgan fingerprint density at radius 3 is 2.63 bits per heavy atom. The lowest BCUT2D eigenvalue weighted by atomic mass is 9.86. The Morgan fingerprint density at radius 2 is 2.00 bits per heavy atom. The number of ether oxygens (including phenoxy) is 1. The van der Waals surface area contributed by atoms with Gasteiger partial charge in [-0.05, 0) is 19.1 Å². The minimum atomic E-state index is -4.74. The van der Waals surface area contributed by atoms with E-state index < -0.39 is 42.1 Å². The molecule has 160 valence electrons. The summed E-state index contributed by atoms with van der Waals surface area (Å²) in [5, 5.41) is 2.59. The number of alkyl halides is 3. The molecule has 0 saturated carbocycles. The van der Waals surface area contributed by atoms with E-state index in [1.165, 1.54) is 19.2 Å². The van der Waals surface area contributed by atoms with Crippen molar-refractivity contribution < 1.29 is 27.1 Å². The van der Waals surface area contributed by atoms with Crippen molar-refractivity contribution >= 4 is 40.8 Å². The molecule has 1 aliphatic rings. The van der Waals surface area contributed by atoms with Gasteiger partial charge in [0.2, 0.25) is 5.95 Å². The lowest BCUT2D eigenvalue weighted by Crippen LogP contribution is -2.46. The van der Waals surface area contributed by atoms with Gasteiger partial charge >= 0.3 is 6.18 Å². The van der Waals surface area contributed by atoms with Crippen LogP contribution >= 0.6 is 23.2 Å². The first-order valence-corrected chi connectivity index (χ1v) is 9.02. The smallest absolute Gasteiger partial charge is 0.425 e. The molecule has 1 amide bonds. The van der Waals surface area contributed by atoms with Gasteiger partial charge in [-0.3, -0.25) is 4.79 Å². The molecule has 0 fully saturated rings. The molecule has 0 aromatic carbocycles. The van der Waals surface area contributed by atoms with E-state index in [-0.39, 0.29) is 27.0 Å². The number of hydrogen-bond acceptors (Lipinski definition) is 6. The molecule has 0 radical (unpaired) electrons. The Balaban J connectivity index is 1.93. The van der Waals surface area contributed by atoms with Gasteiger partial charge in [0.1, 0.15) is 5.69 Å². The minimum absolute atomic E-state index is 0.0192. The fraction of sp³-hybridized carbons (Fsp3) is 0.294. The molecule has 3 rings (SSSR count). The summed E-state index contributed by atoms with van der Waals surface area (Å²) in [7, 11) is 0. The van der Waals surface area contributed by atoms with Gasteiger partial charge in [-0.1, -0.05) is 23.2 Å². The number of nitrogens with two attached hydrogens (primary N) is 1. The van der Waals surface area contributed by atoms with Crippen LogP contribution in [0.3, 0.4) is 0 Å². The molecule has 0 aliphatic carbocycles. The summed E-state index contributed by atoms with van der Waals surface area (Å²) >= 11 is 11.7. The topological polar surface area (TPSA) is 102 Å². The highest BCUT2D eigenvalue weighted by Gasteiger charge is 2.50. The summed E-state index contributed by atoms with van der Waals surface area (Å²) in [4.78, 5) is 23.6. The molecule has 3 N–H and O–H groups in total. The van der Waals surface area contributed by atoms with Gasteiger partial charge < -0.3 is 15.8 Å². The van der Waals surface area contributed by atoms with E-state index in [1.807, 2.05) is 0 Å². The Hall–Kier alpha value is -2.66. The molecular weight excluding hydrogens is 453 g/mol. The van der Waals surface area contributed by atoms with Gasteiger partial charge in [-0.2, -0.15) is 17.6 Å². The summed E-state index contributed by atoms with van der Waals surface area (Å²) in [5.74, 6) is -1.83. The number of carbonyl (C=O) groups is 1. The maximum absolute atomic E-state index is 14.4. The van der Waals surface area contributed by atoms with Crippen LogP contribution in [0.4, 0.5) is 23.2 Å². The molecule has 2 atom stereocenters. The number of aromatic nitrogens is 2. The van der Waals surface area contributed by atoms with E-state index in [0.29, 0.717) is 0 Å². The Kier molecular flexibility index (Phi) is 5.79. The second-order valence-corrected chi connectivity index (χ2v) is 7.42. The maximum Gasteiger partial charge on any atom is 0.425 e. The number of rotatable bonds is 3. The molecule has 13 heteroatoms. The highest BCUT2D eigenvalue weighted by atomic mass is 35.5. The summed E-state index contributed by atoms with van der Waals surface area (Å²) in [5.41, 5.74) is 3.16. The number of anilines is 1. The van der Waals surface area contributed by atoms with Crippen molar-refractivity contribution in [2.24, 2.45) is 10.7 Å². The fourth-order valence-electron chi connectivity index (χ4n) is 2.88. The van der Waals surface area contributed by atoms with Crippen molar-refractivity contribution in [3.8, 4) is 0 Å². The van der Waals surface area contributed by atoms with E-state index in [9.17, 15) is 22.4 Å². The average molecular weight is 466 g/mol. The molecule has 2 aromatic rings. The number of nitrogens with zero attached hydrogens (tertiary/aromatic N) is 3. The summed E-state index contributed by atoms with van der Waals surface area (Å²) in [6, 6.07) is 1.67. The normalized spacial score (nSPS) is 21.6. The average Bonchev–Trinajstić information content (AvgIpc) is 2.61. The van der Waals surface area contributed by atoms with Crippen molar-refractivity contribution in [1.29, 1.82) is 0 Å².